The number of ether oxygens (including phenoxy) is 1. The number of esters is 1. The van der Waals surface area contributed by atoms with E-state index < -0.39 is 0 Å². The monoisotopic (exact) mass is 273 g/mol. The Balaban J connectivity index is 2.29. The van der Waals surface area contributed by atoms with E-state index in [4.69, 9.17) is 0 Å². The van der Waals surface area contributed by atoms with Crippen LogP contribution in [0.2, 0.25) is 0 Å². The number of piperidine rings is 1. The molecule has 0 aromatic rings. The zero-order chi connectivity index (χ0) is 13.5. The second-order valence-corrected chi connectivity index (χ2v) is 6.26. The summed E-state index contributed by atoms with van der Waals surface area (Å²) in [5, 5.41) is 0.126. The summed E-state index contributed by atoms with van der Waals surface area (Å²) in [6.45, 7) is 4.94. The average Bonchev–Trinajstić information content (AvgIpc) is 2.36. The van der Waals surface area contributed by atoms with Crippen LogP contribution in [0.4, 0.5) is 0 Å². The average molecular weight is 273 g/mol. The lowest BCUT2D eigenvalue weighted by atomic mass is 10.0. The van der Waals surface area contributed by atoms with Crippen LogP contribution < -0.4 is 0 Å². The molecule has 18 heavy (non-hydrogen) atoms. The first-order valence-corrected chi connectivity index (χ1v) is 7.57. The summed E-state index contributed by atoms with van der Waals surface area (Å²) < 4.78 is 4.61. The van der Waals surface area contributed by atoms with Gasteiger partial charge >= 0.3 is 5.97 Å². The molecule has 1 heterocycles. The fourth-order valence-corrected chi connectivity index (χ4v) is 2.99. The van der Waals surface area contributed by atoms with Gasteiger partial charge in [-0.2, -0.15) is 0 Å². The van der Waals surface area contributed by atoms with Gasteiger partial charge in [-0.15, -0.1) is 11.8 Å². The van der Waals surface area contributed by atoms with Gasteiger partial charge in [0, 0.05) is 17.8 Å². The van der Waals surface area contributed by atoms with E-state index in [1.807, 2.05) is 11.8 Å². The van der Waals surface area contributed by atoms with Crippen LogP contribution in [0.1, 0.15) is 39.5 Å². The summed E-state index contributed by atoms with van der Waals surface area (Å²) in [5.41, 5.74) is 0. The van der Waals surface area contributed by atoms with Crippen LogP contribution >= 0.6 is 11.8 Å². The summed E-state index contributed by atoms with van der Waals surface area (Å²) >= 11 is 1.53. The van der Waals surface area contributed by atoms with Gasteiger partial charge in [-0.25, -0.2) is 0 Å². The topological polar surface area (TPSA) is 46.6 Å². The van der Waals surface area contributed by atoms with E-state index >= 15 is 0 Å². The SMILES string of the molecule is COC(=O)CC(C)SCC(=O)N1CCCCC1C. The highest BCUT2D eigenvalue weighted by atomic mass is 32.2. The highest BCUT2D eigenvalue weighted by Gasteiger charge is 2.23. The van der Waals surface area contributed by atoms with Gasteiger partial charge in [0.05, 0.1) is 19.3 Å². The number of carbonyl (C=O) groups excluding carboxylic acids is 2. The quantitative estimate of drug-likeness (QED) is 0.719. The molecule has 1 fully saturated rings. The van der Waals surface area contributed by atoms with E-state index in [1.165, 1.54) is 25.3 Å². The van der Waals surface area contributed by atoms with Crippen LogP contribution in [0.15, 0.2) is 0 Å². The number of likely N-dealkylation sites (tertiary alicyclic amines) is 1. The first kappa shape index (κ1) is 15.3. The van der Waals surface area contributed by atoms with Crippen molar-refractivity contribution in [2.24, 2.45) is 0 Å². The fraction of sp³-hybridized carbons (Fsp3) is 0.846. The van der Waals surface area contributed by atoms with E-state index in [9.17, 15) is 9.59 Å². The van der Waals surface area contributed by atoms with Crippen LogP contribution in [-0.2, 0) is 14.3 Å². The molecular weight excluding hydrogens is 250 g/mol. The third-order valence-electron chi connectivity index (χ3n) is 3.30. The predicted molar refractivity (Wildman–Crippen MR) is 73.6 cm³/mol. The molecule has 0 N–H and O–H groups in total. The van der Waals surface area contributed by atoms with Crippen molar-refractivity contribution in [3.05, 3.63) is 0 Å². The molecule has 1 aliphatic rings. The first-order valence-electron chi connectivity index (χ1n) is 6.52. The second-order valence-electron chi connectivity index (χ2n) is 4.83. The zero-order valence-electron chi connectivity index (χ0n) is 11.5. The highest BCUT2D eigenvalue weighted by Crippen LogP contribution is 2.20. The Kier molecular flexibility index (Phi) is 6.54. The van der Waals surface area contributed by atoms with Crippen LogP contribution in [0.5, 0.6) is 0 Å². The Labute approximate surface area is 113 Å². The van der Waals surface area contributed by atoms with Gasteiger partial charge < -0.3 is 9.64 Å². The number of carbonyl (C=O) groups is 2. The molecule has 0 radical (unpaired) electrons. The van der Waals surface area contributed by atoms with Gasteiger partial charge in [0.15, 0.2) is 0 Å². The Morgan fingerprint density at radius 1 is 1.44 bits per heavy atom. The van der Waals surface area contributed by atoms with Crippen LogP contribution in [0.3, 0.4) is 0 Å². The molecule has 1 aliphatic heterocycles. The van der Waals surface area contributed by atoms with Gasteiger partial charge in [-0.3, -0.25) is 9.59 Å². The number of hydrogen-bond donors (Lipinski definition) is 0. The van der Waals surface area contributed by atoms with E-state index in [1.54, 1.807) is 0 Å². The number of thioether (sulfide) groups is 1. The molecule has 0 aromatic heterocycles. The molecule has 1 saturated heterocycles. The number of hydrogen-bond acceptors (Lipinski definition) is 4. The summed E-state index contributed by atoms with van der Waals surface area (Å²) in [6, 6.07) is 0.364. The highest BCUT2D eigenvalue weighted by molar-refractivity contribution is 8.00. The third-order valence-corrected chi connectivity index (χ3v) is 4.45. The minimum Gasteiger partial charge on any atom is -0.469 e. The molecule has 5 heteroatoms. The summed E-state index contributed by atoms with van der Waals surface area (Å²) in [5.74, 6) is 0.445. The maximum Gasteiger partial charge on any atom is 0.306 e. The minimum absolute atomic E-state index is 0.126. The zero-order valence-corrected chi connectivity index (χ0v) is 12.3. The lowest BCUT2D eigenvalue weighted by Crippen LogP contribution is -2.43. The summed E-state index contributed by atoms with van der Waals surface area (Å²) in [6.07, 6.45) is 3.80. The van der Waals surface area contributed by atoms with E-state index in [-0.39, 0.29) is 17.1 Å². The van der Waals surface area contributed by atoms with E-state index in [2.05, 4.69) is 11.7 Å². The van der Waals surface area contributed by atoms with Gasteiger partial charge in [-0.1, -0.05) is 6.92 Å². The molecule has 2 unspecified atom stereocenters. The molecule has 0 aromatic carbocycles. The smallest absolute Gasteiger partial charge is 0.306 e. The van der Waals surface area contributed by atoms with Crippen molar-refractivity contribution in [2.75, 3.05) is 19.4 Å². The molecule has 0 aliphatic carbocycles. The number of nitrogens with zero attached hydrogens (tertiary/aromatic N) is 1. The molecule has 0 bridgehead atoms. The molecule has 0 spiro atoms. The maximum absolute atomic E-state index is 12.1. The fourth-order valence-electron chi connectivity index (χ4n) is 2.14. The van der Waals surface area contributed by atoms with Crippen molar-refractivity contribution < 1.29 is 14.3 Å². The van der Waals surface area contributed by atoms with Crippen molar-refractivity contribution in [3.8, 4) is 0 Å². The predicted octanol–water partition coefficient (Wildman–Crippen LogP) is 2.07. The van der Waals surface area contributed by atoms with Crippen molar-refractivity contribution in [1.82, 2.24) is 4.90 Å². The van der Waals surface area contributed by atoms with Crippen LogP contribution in [0, 0.1) is 0 Å². The molecule has 0 saturated carbocycles. The molecule has 4 nitrogen and oxygen atoms in total. The Morgan fingerprint density at radius 3 is 2.78 bits per heavy atom. The molecule has 104 valence electrons. The van der Waals surface area contributed by atoms with Gasteiger partial charge in [-0.05, 0) is 26.2 Å². The first-order chi connectivity index (χ1) is 8.54. The summed E-state index contributed by atoms with van der Waals surface area (Å²) in [4.78, 5) is 25.1. The number of rotatable bonds is 5. The van der Waals surface area contributed by atoms with Crippen molar-refractivity contribution in [3.63, 3.8) is 0 Å². The van der Waals surface area contributed by atoms with Crippen molar-refractivity contribution >= 4 is 23.6 Å². The standard InChI is InChI=1S/C13H23NO3S/c1-10-6-4-5-7-14(10)12(15)9-18-11(2)8-13(16)17-3/h10-11H,4-9H2,1-3H3. The molecule has 1 amide bonds. The van der Waals surface area contributed by atoms with Crippen LogP contribution in [0.25, 0.3) is 0 Å². The summed E-state index contributed by atoms with van der Waals surface area (Å²) in [7, 11) is 1.39. The Hall–Kier alpha value is -0.710. The lowest BCUT2D eigenvalue weighted by molar-refractivity contribution is -0.140. The largest absolute Gasteiger partial charge is 0.469 e. The Morgan fingerprint density at radius 2 is 2.17 bits per heavy atom. The van der Waals surface area contributed by atoms with Gasteiger partial charge in [0.25, 0.3) is 0 Å². The van der Waals surface area contributed by atoms with Gasteiger partial charge in [0.1, 0.15) is 0 Å². The molecule has 2 atom stereocenters. The number of methoxy groups -OCH3 is 1. The minimum atomic E-state index is -0.214. The Bertz CT molecular complexity index is 296. The number of amides is 1. The molecular formula is C13H23NO3S. The van der Waals surface area contributed by atoms with E-state index in [0.717, 1.165) is 19.4 Å². The normalized spacial score (nSPS) is 21.5. The third kappa shape index (κ3) is 4.88. The van der Waals surface area contributed by atoms with Crippen molar-refractivity contribution in [1.29, 1.82) is 0 Å². The van der Waals surface area contributed by atoms with E-state index in [0.29, 0.717) is 18.2 Å². The molecule has 1 rings (SSSR count). The second kappa shape index (κ2) is 7.67. The lowest BCUT2D eigenvalue weighted by Gasteiger charge is -2.33. The van der Waals surface area contributed by atoms with Crippen LogP contribution in [-0.4, -0.2) is 47.5 Å². The van der Waals surface area contributed by atoms with Gasteiger partial charge in [0.2, 0.25) is 5.91 Å². The maximum atomic E-state index is 12.1. The van der Waals surface area contributed by atoms with Crippen molar-refractivity contribution in [2.45, 2.75) is 50.8 Å².